The van der Waals surface area contributed by atoms with E-state index in [2.05, 4.69) is 9.97 Å². The highest BCUT2D eigenvalue weighted by Gasteiger charge is 2.19. The molecule has 1 aromatic heterocycles. The normalized spacial score (nSPS) is 11.6. The van der Waals surface area contributed by atoms with Crippen molar-refractivity contribution in [2.45, 2.75) is 4.90 Å². The van der Waals surface area contributed by atoms with E-state index in [1.54, 1.807) is 12.1 Å². The lowest BCUT2D eigenvalue weighted by Gasteiger charge is -2.11. The molecule has 3 rings (SSSR count). The van der Waals surface area contributed by atoms with Gasteiger partial charge in [0.15, 0.2) is 21.4 Å². The Balaban J connectivity index is 2.11. The third-order valence-electron chi connectivity index (χ3n) is 3.19. The summed E-state index contributed by atoms with van der Waals surface area (Å²) in [5.74, 6) is -0.651. The standard InChI is InChI=1S/C15H12FN3O3S/c1-23(20,21)13-4-2-3-11(16)14(13)22-9-5-6-12-10(7-9)15(17)19-8-18-12/h2-8H,1H3,(H2,17,18,19). The zero-order valence-corrected chi connectivity index (χ0v) is 12.8. The zero-order chi connectivity index (χ0) is 16.6. The molecule has 3 aromatic rings. The van der Waals surface area contributed by atoms with Gasteiger partial charge < -0.3 is 10.5 Å². The van der Waals surface area contributed by atoms with E-state index in [9.17, 15) is 12.8 Å². The summed E-state index contributed by atoms with van der Waals surface area (Å²) >= 11 is 0. The number of para-hydroxylation sites is 1. The largest absolute Gasteiger partial charge is 0.453 e. The van der Waals surface area contributed by atoms with Crippen LogP contribution in [-0.4, -0.2) is 24.6 Å². The number of rotatable bonds is 3. The van der Waals surface area contributed by atoms with Crippen molar-refractivity contribution in [1.29, 1.82) is 0 Å². The summed E-state index contributed by atoms with van der Waals surface area (Å²) in [5.41, 5.74) is 6.37. The van der Waals surface area contributed by atoms with Crippen molar-refractivity contribution < 1.29 is 17.5 Å². The highest BCUT2D eigenvalue weighted by molar-refractivity contribution is 7.90. The molecule has 23 heavy (non-hydrogen) atoms. The van der Waals surface area contributed by atoms with Crippen molar-refractivity contribution in [3.63, 3.8) is 0 Å². The van der Waals surface area contributed by atoms with Crippen LogP contribution in [0.3, 0.4) is 0 Å². The number of benzene rings is 2. The van der Waals surface area contributed by atoms with Gasteiger partial charge in [0.25, 0.3) is 0 Å². The molecule has 0 aliphatic rings. The fourth-order valence-corrected chi connectivity index (χ4v) is 2.92. The second kappa shape index (κ2) is 5.47. The van der Waals surface area contributed by atoms with E-state index in [-0.39, 0.29) is 22.2 Å². The molecule has 0 amide bonds. The van der Waals surface area contributed by atoms with Crippen molar-refractivity contribution >= 4 is 26.6 Å². The topological polar surface area (TPSA) is 95.2 Å². The van der Waals surface area contributed by atoms with Gasteiger partial charge in [0.1, 0.15) is 22.8 Å². The number of aromatic nitrogens is 2. The number of sulfone groups is 1. The van der Waals surface area contributed by atoms with Crippen LogP contribution < -0.4 is 10.5 Å². The summed E-state index contributed by atoms with van der Waals surface area (Å²) in [4.78, 5) is 7.69. The number of nitrogen functional groups attached to an aromatic ring is 1. The first kappa shape index (κ1) is 15.2. The van der Waals surface area contributed by atoms with Crippen LogP contribution in [0.1, 0.15) is 0 Å². The molecule has 6 nitrogen and oxygen atoms in total. The van der Waals surface area contributed by atoms with Crippen LogP contribution in [0.5, 0.6) is 11.5 Å². The first-order valence-corrected chi connectivity index (χ1v) is 8.42. The van der Waals surface area contributed by atoms with Gasteiger partial charge >= 0.3 is 0 Å². The molecule has 0 saturated heterocycles. The van der Waals surface area contributed by atoms with Crippen molar-refractivity contribution in [2.24, 2.45) is 0 Å². The predicted octanol–water partition coefficient (Wildman–Crippen LogP) is 2.55. The number of nitrogens with zero attached hydrogens (tertiary/aromatic N) is 2. The third kappa shape index (κ3) is 2.93. The molecule has 0 aliphatic heterocycles. The van der Waals surface area contributed by atoms with Crippen LogP contribution in [0.15, 0.2) is 47.6 Å². The van der Waals surface area contributed by atoms with Crippen LogP contribution in [-0.2, 0) is 9.84 Å². The van der Waals surface area contributed by atoms with E-state index < -0.39 is 15.7 Å². The third-order valence-corrected chi connectivity index (χ3v) is 4.31. The lowest BCUT2D eigenvalue weighted by molar-refractivity contribution is 0.428. The quantitative estimate of drug-likeness (QED) is 0.791. The predicted molar refractivity (Wildman–Crippen MR) is 83.5 cm³/mol. The summed E-state index contributed by atoms with van der Waals surface area (Å²) in [7, 11) is -3.64. The van der Waals surface area contributed by atoms with Crippen LogP contribution >= 0.6 is 0 Å². The van der Waals surface area contributed by atoms with Crippen molar-refractivity contribution in [1.82, 2.24) is 9.97 Å². The Hall–Kier alpha value is -2.74. The highest BCUT2D eigenvalue weighted by Crippen LogP contribution is 2.33. The van der Waals surface area contributed by atoms with Gasteiger partial charge in [-0.3, -0.25) is 0 Å². The smallest absolute Gasteiger partial charge is 0.181 e. The minimum atomic E-state index is -3.64. The number of anilines is 1. The van der Waals surface area contributed by atoms with E-state index >= 15 is 0 Å². The molecule has 0 saturated carbocycles. The van der Waals surface area contributed by atoms with Crippen molar-refractivity contribution in [3.05, 3.63) is 48.5 Å². The van der Waals surface area contributed by atoms with Crippen LogP contribution in [0.4, 0.5) is 10.2 Å². The Kier molecular flexibility index (Phi) is 3.61. The Morgan fingerprint density at radius 2 is 1.96 bits per heavy atom. The lowest BCUT2D eigenvalue weighted by atomic mass is 10.2. The first-order valence-electron chi connectivity index (χ1n) is 6.53. The number of nitrogens with two attached hydrogens (primary N) is 1. The molecule has 0 atom stereocenters. The Morgan fingerprint density at radius 1 is 1.17 bits per heavy atom. The highest BCUT2D eigenvalue weighted by atomic mass is 32.2. The minimum Gasteiger partial charge on any atom is -0.453 e. The monoisotopic (exact) mass is 333 g/mol. The van der Waals surface area contributed by atoms with E-state index in [0.29, 0.717) is 10.9 Å². The molecule has 0 unspecified atom stereocenters. The molecule has 0 spiro atoms. The first-order chi connectivity index (χ1) is 10.9. The molecule has 118 valence electrons. The van der Waals surface area contributed by atoms with Crippen molar-refractivity contribution in [2.75, 3.05) is 12.0 Å². The summed E-state index contributed by atoms with van der Waals surface area (Å²) in [6, 6.07) is 8.43. The van der Waals surface area contributed by atoms with Crippen LogP contribution in [0.25, 0.3) is 10.9 Å². The van der Waals surface area contributed by atoms with Gasteiger partial charge in [-0.15, -0.1) is 0 Å². The van der Waals surface area contributed by atoms with Crippen LogP contribution in [0.2, 0.25) is 0 Å². The molecule has 2 N–H and O–H groups in total. The summed E-state index contributed by atoms with van der Waals surface area (Å²) < 4.78 is 43.0. The van der Waals surface area contributed by atoms with Gasteiger partial charge in [0.2, 0.25) is 0 Å². The zero-order valence-electron chi connectivity index (χ0n) is 12.0. The number of ether oxygens (including phenoxy) is 1. The number of halogens is 1. The van der Waals surface area contributed by atoms with Gasteiger partial charge in [0.05, 0.1) is 5.52 Å². The Bertz CT molecular complexity index is 1010. The minimum absolute atomic E-state index is 0.227. The van der Waals surface area contributed by atoms with E-state index in [4.69, 9.17) is 10.5 Å². The molecule has 0 radical (unpaired) electrons. The van der Waals surface area contributed by atoms with Crippen molar-refractivity contribution in [3.8, 4) is 11.5 Å². The lowest BCUT2D eigenvalue weighted by Crippen LogP contribution is -2.02. The molecule has 0 fully saturated rings. The SMILES string of the molecule is CS(=O)(=O)c1cccc(F)c1Oc1ccc2ncnc(N)c2c1. The molecule has 1 heterocycles. The fraction of sp³-hybridized carbons (Fsp3) is 0.0667. The summed E-state index contributed by atoms with van der Waals surface area (Å²) in [5, 5.41) is 0.530. The van der Waals surface area contributed by atoms with Crippen LogP contribution in [0, 0.1) is 5.82 Å². The second-order valence-corrected chi connectivity index (χ2v) is 6.86. The molecule has 8 heteroatoms. The maximum absolute atomic E-state index is 14.0. The Labute approximate surface area is 131 Å². The Morgan fingerprint density at radius 3 is 2.70 bits per heavy atom. The van der Waals surface area contributed by atoms with Gasteiger partial charge in [-0.2, -0.15) is 0 Å². The van der Waals surface area contributed by atoms with E-state index in [0.717, 1.165) is 12.3 Å². The summed E-state index contributed by atoms with van der Waals surface area (Å²) in [6.45, 7) is 0. The van der Waals surface area contributed by atoms with E-state index in [1.165, 1.54) is 24.5 Å². The van der Waals surface area contributed by atoms with Gasteiger partial charge in [0, 0.05) is 11.6 Å². The number of fused-ring (bicyclic) bond motifs is 1. The molecule has 2 aromatic carbocycles. The number of hydrogen-bond donors (Lipinski definition) is 1. The van der Waals surface area contributed by atoms with Gasteiger partial charge in [-0.25, -0.2) is 22.8 Å². The average molecular weight is 333 g/mol. The van der Waals surface area contributed by atoms with Gasteiger partial charge in [-0.05, 0) is 30.3 Å². The summed E-state index contributed by atoms with van der Waals surface area (Å²) in [6.07, 6.45) is 2.32. The number of hydrogen-bond acceptors (Lipinski definition) is 6. The van der Waals surface area contributed by atoms with E-state index in [1.807, 2.05) is 0 Å². The fourth-order valence-electron chi connectivity index (χ4n) is 2.12. The maximum Gasteiger partial charge on any atom is 0.181 e. The average Bonchev–Trinajstić information content (AvgIpc) is 2.49. The maximum atomic E-state index is 14.0. The molecule has 0 aliphatic carbocycles. The van der Waals surface area contributed by atoms with Gasteiger partial charge in [-0.1, -0.05) is 6.07 Å². The molecular formula is C15H12FN3O3S. The second-order valence-electron chi connectivity index (χ2n) is 4.88. The molecular weight excluding hydrogens is 321 g/mol. The molecule has 0 bridgehead atoms.